The third-order valence-corrected chi connectivity index (χ3v) is 8.18. The lowest BCUT2D eigenvalue weighted by Gasteiger charge is -2.58. The van der Waals surface area contributed by atoms with Gasteiger partial charge in [-0.25, -0.2) is 0 Å². The van der Waals surface area contributed by atoms with Crippen LogP contribution in [0, 0.1) is 0 Å². The summed E-state index contributed by atoms with van der Waals surface area (Å²) < 4.78 is -3.14. The van der Waals surface area contributed by atoms with Crippen LogP contribution in [0.1, 0.15) is 6.92 Å². The highest BCUT2D eigenvalue weighted by Crippen LogP contribution is 3.13. The van der Waals surface area contributed by atoms with Gasteiger partial charge < -0.3 is 0 Å². The molecule has 0 aliphatic carbocycles. The highest BCUT2D eigenvalue weighted by Gasteiger charge is 2.42. The van der Waals surface area contributed by atoms with E-state index in [1.54, 1.807) is 0 Å². The van der Waals surface area contributed by atoms with Gasteiger partial charge in [-0.1, -0.05) is 20.2 Å². The van der Waals surface area contributed by atoms with Crippen LogP contribution in [-0.4, -0.2) is 5.75 Å². The van der Waals surface area contributed by atoms with Gasteiger partial charge in [0.1, 0.15) is 0 Å². The van der Waals surface area contributed by atoms with Crippen LogP contribution in [0.3, 0.4) is 0 Å². The molecule has 0 N–H and O–H groups in total. The predicted molar refractivity (Wildman–Crippen MR) is 70.7 cm³/mol. The van der Waals surface area contributed by atoms with E-state index in [0.29, 0.717) is 0 Å². The zero-order valence-corrected chi connectivity index (χ0v) is 10.9. The monoisotopic (exact) mass is 258 g/mol. The number of hydrogen-bond donors (Lipinski definition) is 5. The molecule has 0 aromatic carbocycles. The third kappa shape index (κ3) is 10.4. The first-order valence-electron chi connectivity index (χ1n) is 2.08. The summed E-state index contributed by atoms with van der Waals surface area (Å²) in [7, 11) is 1.43. The summed E-state index contributed by atoms with van der Waals surface area (Å²) in [5.41, 5.74) is 0. The molecule has 0 amide bonds. The molecule has 0 rings (SSSR count). The summed E-state index contributed by atoms with van der Waals surface area (Å²) in [6, 6.07) is 0. The average molecular weight is 259 g/mol. The van der Waals surface area contributed by atoms with Gasteiger partial charge in [-0.05, 0) is 0 Å². The van der Waals surface area contributed by atoms with E-state index in [9.17, 15) is 0 Å². The maximum Gasteiger partial charge on any atom is 0.00153 e. The second-order valence-electron chi connectivity index (χ2n) is 1.60. The van der Waals surface area contributed by atoms with Crippen LogP contribution in [0.4, 0.5) is 0 Å². The molecule has 60 valence electrons. The van der Waals surface area contributed by atoms with Crippen molar-refractivity contribution in [1.29, 1.82) is 0 Å². The fourth-order valence-corrected chi connectivity index (χ4v) is 7.12. The molecular weight excluding hydrogens is 248 g/mol. The van der Waals surface area contributed by atoms with Gasteiger partial charge in [-0.3, -0.25) is 0 Å². The summed E-state index contributed by atoms with van der Waals surface area (Å²) in [4.78, 5) is 0. The van der Waals surface area contributed by atoms with E-state index in [1.807, 2.05) is 6.92 Å². The van der Waals surface area contributed by atoms with Crippen molar-refractivity contribution >= 4 is 71.6 Å². The SMILES string of the molecule is CCSS(S)(S)(S)(S)S. The van der Waals surface area contributed by atoms with Gasteiger partial charge in [0.15, 0.2) is 0 Å². The minimum absolute atomic E-state index is 0.852. The Morgan fingerprint density at radius 3 is 1.44 bits per heavy atom. The van der Waals surface area contributed by atoms with Crippen LogP contribution in [0.25, 0.3) is 0 Å². The highest BCUT2D eigenvalue weighted by molar-refractivity contribution is 10.1. The Balaban J connectivity index is 4.34. The molecule has 0 atom stereocenters. The maximum atomic E-state index is 4.19. The largest absolute Gasteiger partial charge is 0.103 e. The lowest BCUT2D eigenvalue weighted by Crippen LogP contribution is -1.90. The minimum Gasteiger partial charge on any atom is -0.103 e. The van der Waals surface area contributed by atoms with E-state index >= 15 is 0 Å². The van der Waals surface area contributed by atoms with Crippen LogP contribution in [0.15, 0.2) is 0 Å². The number of thiol groups is 5. The Bertz CT molecular complexity index is 101. The molecular formula is C2H10S7. The number of hydrogen-bond acceptors (Lipinski definition) is 6. The van der Waals surface area contributed by atoms with E-state index in [0.717, 1.165) is 5.75 Å². The van der Waals surface area contributed by atoms with E-state index in [4.69, 9.17) is 0 Å². The van der Waals surface area contributed by atoms with E-state index in [1.165, 1.54) is 10.8 Å². The van der Waals surface area contributed by atoms with Crippen LogP contribution < -0.4 is 0 Å². The van der Waals surface area contributed by atoms with E-state index in [-0.39, 0.29) is 0 Å². The molecule has 0 aliphatic heterocycles. The first-order chi connectivity index (χ1) is 3.54. The average Bonchev–Trinajstić information content (AvgIpc) is 1.22. The lowest BCUT2D eigenvalue weighted by molar-refractivity contribution is 1.54. The van der Waals surface area contributed by atoms with Crippen LogP contribution in [0.2, 0.25) is 0 Å². The molecule has 9 heavy (non-hydrogen) atoms. The molecule has 7 heteroatoms. The Morgan fingerprint density at radius 1 is 1.11 bits per heavy atom. The van der Waals surface area contributed by atoms with Crippen molar-refractivity contribution in [2.24, 2.45) is 0 Å². The van der Waals surface area contributed by atoms with E-state index < -0.39 is 2.49 Å². The zero-order valence-electron chi connectivity index (χ0n) is 4.76. The predicted octanol–water partition coefficient (Wildman–Crippen LogP) is 3.75. The molecule has 0 saturated carbocycles. The smallest absolute Gasteiger partial charge is 0.00153 e. The first-order valence-corrected chi connectivity index (χ1v) is 11.3. The number of rotatable bonds is 2. The van der Waals surface area contributed by atoms with Crippen molar-refractivity contribution in [3.8, 4) is 0 Å². The van der Waals surface area contributed by atoms with Crippen molar-refractivity contribution in [3.05, 3.63) is 0 Å². The molecule has 0 spiro atoms. The topological polar surface area (TPSA) is 0 Å². The van der Waals surface area contributed by atoms with Gasteiger partial charge in [-0.15, -0.1) is 58.3 Å². The van der Waals surface area contributed by atoms with Crippen LogP contribution in [-0.2, 0) is 0 Å². The quantitative estimate of drug-likeness (QED) is 0.371. The van der Waals surface area contributed by atoms with E-state index in [2.05, 4.69) is 58.3 Å². The molecule has 0 fully saturated rings. The molecule has 0 heterocycles. The van der Waals surface area contributed by atoms with Gasteiger partial charge >= 0.3 is 0 Å². The molecule has 0 saturated heterocycles. The maximum absolute atomic E-state index is 4.19. The highest BCUT2D eigenvalue weighted by atomic mass is 34.5. The summed E-state index contributed by atoms with van der Waals surface area (Å²) >= 11 is 20.9. The van der Waals surface area contributed by atoms with Crippen molar-refractivity contribution in [2.45, 2.75) is 6.92 Å². The fourth-order valence-electron chi connectivity index (χ4n) is 0.264. The van der Waals surface area contributed by atoms with Crippen LogP contribution in [0.5, 0.6) is 0 Å². The Kier molecular flexibility index (Phi) is 3.14. The fraction of sp³-hybridized carbons (Fsp3) is 1.00. The standard InChI is InChI=1S/C2H10S7/c1-2-8-9(3,4,5,6)7/h3-7H,2H2,1H3. The Hall–Kier alpha value is 2.45. The third-order valence-electron chi connectivity index (χ3n) is 0.381. The van der Waals surface area contributed by atoms with Crippen molar-refractivity contribution in [1.82, 2.24) is 0 Å². The Morgan fingerprint density at radius 2 is 1.44 bits per heavy atom. The van der Waals surface area contributed by atoms with Crippen molar-refractivity contribution < 1.29 is 0 Å². The van der Waals surface area contributed by atoms with Gasteiger partial charge in [0.2, 0.25) is 0 Å². The Labute approximate surface area is 83.4 Å². The molecule has 0 nitrogen and oxygen atoms in total. The molecule has 0 radical (unpaired) electrons. The van der Waals surface area contributed by atoms with Gasteiger partial charge in [0.25, 0.3) is 0 Å². The van der Waals surface area contributed by atoms with Gasteiger partial charge in [0, 0.05) is 5.75 Å². The zero-order chi connectivity index (χ0) is 7.82. The normalized spacial score (nSPS) is 20.7. The molecule has 0 aromatic heterocycles. The van der Waals surface area contributed by atoms with Gasteiger partial charge in [-0.2, -0.15) is 0 Å². The minimum atomic E-state index is -3.14. The molecule has 0 unspecified atom stereocenters. The first kappa shape index (κ1) is 11.4. The summed E-state index contributed by atoms with van der Waals surface area (Å²) in [5.74, 6) is 0.852. The van der Waals surface area contributed by atoms with Gasteiger partial charge in [0.05, 0.1) is 0 Å². The van der Waals surface area contributed by atoms with Crippen molar-refractivity contribution in [2.75, 3.05) is 5.75 Å². The molecule has 0 bridgehead atoms. The second-order valence-corrected chi connectivity index (χ2v) is 34.0. The molecule has 0 aliphatic rings. The second kappa shape index (κ2) is 2.47. The summed E-state index contributed by atoms with van der Waals surface area (Å²) in [6.07, 6.45) is 0. The summed E-state index contributed by atoms with van der Waals surface area (Å²) in [5, 5.41) is 0. The lowest BCUT2D eigenvalue weighted by atomic mass is 11.0. The van der Waals surface area contributed by atoms with Crippen LogP contribution >= 0.6 is 71.6 Å². The van der Waals surface area contributed by atoms with Crippen molar-refractivity contribution in [3.63, 3.8) is 0 Å². The summed E-state index contributed by atoms with van der Waals surface area (Å²) in [6.45, 7) is 1.99. The molecule has 0 aromatic rings.